The molecular formula is C15H16N2O2. The molecular weight excluding hydrogens is 240 g/mol. The zero-order valence-corrected chi connectivity index (χ0v) is 10.9. The number of fused-ring (bicyclic) bond motifs is 1. The normalized spacial score (nSPS) is 32.1. The number of carbonyl (C=O) groups is 1. The number of amides is 1. The van der Waals surface area contributed by atoms with Gasteiger partial charge in [-0.1, -0.05) is 25.1 Å². The van der Waals surface area contributed by atoms with Gasteiger partial charge in [-0.05, 0) is 28.8 Å². The Morgan fingerprint density at radius 3 is 2.95 bits per heavy atom. The molecule has 1 aromatic carbocycles. The lowest BCUT2D eigenvalue weighted by molar-refractivity contribution is -0.130. The summed E-state index contributed by atoms with van der Waals surface area (Å²) in [6.45, 7) is 7.19. The van der Waals surface area contributed by atoms with Gasteiger partial charge >= 0.3 is 0 Å². The Bertz CT molecular complexity index is 569. The molecule has 0 spiro atoms. The highest BCUT2D eigenvalue weighted by Gasteiger charge is 2.70. The predicted octanol–water partition coefficient (Wildman–Crippen LogP) is 2.62. The van der Waals surface area contributed by atoms with E-state index in [4.69, 9.17) is 0 Å². The Hall–Kier alpha value is -1.97. The first-order chi connectivity index (χ1) is 9.12. The summed E-state index contributed by atoms with van der Waals surface area (Å²) in [6, 6.07) is 7.30. The summed E-state index contributed by atoms with van der Waals surface area (Å²) in [5, 5.41) is 2.97. The fourth-order valence-corrected chi connectivity index (χ4v) is 3.46. The summed E-state index contributed by atoms with van der Waals surface area (Å²) in [5.41, 5.74) is 1.35. The molecule has 1 aliphatic heterocycles. The van der Waals surface area contributed by atoms with Gasteiger partial charge in [-0.25, -0.2) is 0 Å². The van der Waals surface area contributed by atoms with E-state index in [1.807, 2.05) is 17.0 Å². The van der Waals surface area contributed by atoms with Gasteiger partial charge in [0.25, 0.3) is 0 Å². The van der Waals surface area contributed by atoms with Gasteiger partial charge in [0.2, 0.25) is 5.91 Å². The Morgan fingerprint density at radius 1 is 1.58 bits per heavy atom. The molecule has 0 aromatic heterocycles. The van der Waals surface area contributed by atoms with Gasteiger partial charge in [0.1, 0.15) is 5.69 Å². The minimum atomic E-state index is -0.130. The number of nitroso groups, excluding NO2 is 1. The van der Waals surface area contributed by atoms with Gasteiger partial charge in [-0.15, -0.1) is 11.5 Å². The molecule has 98 valence electrons. The van der Waals surface area contributed by atoms with E-state index in [9.17, 15) is 9.70 Å². The molecule has 2 aliphatic rings. The van der Waals surface area contributed by atoms with E-state index in [2.05, 4.69) is 18.7 Å². The van der Waals surface area contributed by atoms with Gasteiger partial charge < -0.3 is 4.90 Å². The molecule has 0 N–H and O–H groups in total. The van der Waals surface area contributed by atoms with Crippen LogP contribution < -0.4 is 0 Å². The fraction of sp³-hybridized carbons (Fsp3) is 0.400. The molecule has 3 atom stereocenters. The maximum absolute atomic E-state index is 12.3. The number of benzene rings is 1. The summed E-state index contributed by atoms with van der Waals surface area (Å²) in [4.78, 5) is 24.7. The van der Waals surface area contributed by atoms with Crippen molar-refractivity contribution in [2.45, 2.75) is 12.3 Å². The lowest BCUT2D eigenvalue weighted by Gasteiger charge is -2.23. The number of carbonyl (C=O) groups excluding carboxylic acids is 1. The third kappa shape index (κ3) is 1.56. The third-order valence-corrected chi connectivity index (χ3v) is 4.63. The molecule has 1 amide bonds. The second kappa shape index (κ2) is 4.02. The van der Waals surface area contributed by atoms with Crippen molar-refractivity contribution in [1.82, 2.24) is 4.90 Å². The molecule has 1 aliphatic carbocycles. The maximum atomic E-state index is 12.3. The number of hydrogen-bond acceptors (Lipinski definition) is 3. The van der Waals surface area contributed by atoms with Crippen molar-refractivity contribution < 1.29 is 4.79 Å². The average Bonchev–Trinajstić information content (AvgIpc) is 2.88. The molecule has 0 radical (unpaired) electrons. The van der Waals surface area contributed by atoms with Crippen molar-refractivity contribution in [3.05, 3.63) is 47.4 Å². The summed E-state index contributed by atoms with van der Waals surface area (Å²) < 4.78 is 0. The topological polar surface area (TPSA) is 49.7 Å². The van der Waals surface area contributed by atoms with Crippen LogP contribution in [0.25, 0.3) is 0 Å². The van der Waals surface area contributed by atoms with Crippen molar-refractivity contribution in [2.75, 3.05) is 13.1 Å². The first-order valence-electron chi connectivity index (χ1n) is 6.46. The minimum absolute atomic E-state index is 0.0503. The molecule has 3 rings (SSSR count). The van der Waals surface area contributed by atoms with Crippen molar-refractivity contribution >= 4 is 11.6 Å². The van der Waals surface area contributed by atoms with Crippen LogP contribution in [0.5, 0.6) is 0 Å². The monoisotopic (exact) mass is 256 g/mol. The second-order valence-corrected chi connectivity index (χ2v) is 5.54. The van der Waals surface area contributed by atoms with Crippen LogP contribution in [0.3, 0.4) is 0 Å². The van der Waals surface area contributed by atoms with E-state index in [1.165, 1.54) is 0 Å². The molecule has 2 fully saturated rings. The van der Waals surface area contributed by atoms with Crippen LogP contribution in [-0.4, -0.2) is 23.9 Å². The van der Waals surface area contributed by atoms with Crippen LogP contribution in [0, 0.1) is 16.7 Å². The first-order valence-corrected chi connectivity index (χ1v) is 6.46. The van der Waals surface area contributed by atoms with Crippen molar-refractivity contribution in [3.63, 3.8) is 0 Å². The van der Waals surface area contributed by atoms with Gasteiger partial charge in [0.15, 0.2) is 0 Å². The highest BCUT2D eigenvalue weighted by molar-refractivity contribution is 5.88. The van der Waals surface area contributed by atoms with Crippen LogP contribution in [0.15, 0.2) is 42.1 Å². The lowest BCUT2D eigenvalue weighted by atomic mass is 9.92. The number of likely N-dealkylation sites (tertiary alicyclic amines) is 1. The second-order valence-electron chi connectivity index (χ2n) is 5.54. The Labute approximate surface area is 112 Å². The van der Waals surface area contributed by atoms with Gasteiger partial charge in [-0.2, -0.15) is 0 Å². The zero-order valence-electron chi connectivity index (χ0n) is 10.9. The van der Waals surface area contributed by atoms with Crippen LogP contribution in [0.4, 0.5) is 5.69 Å². The van der Waals surface area contributed by atoms with E-state index in [-0.39, 0.29) is 17.2 Å². The lowest BCUT2D eigenvalue weighted by Crippen LogP contribution is -2.33. The Kier molecular flexibility index (Phi) is 2.55. The molecule has 1 saturated carbocycles. The SMILES string of the molecule is C=CCN1CC2C(C1=O)C2(C)c1cccc(N=O)c1. The molecule has 4 nitrogen and oxygen atoms in total. The minimum Gasteiger partial charge on any atom is -0.338 e. The molecule has 4 heteroatoms. The quantitative estimate of drug-likeness (QED) is 0.614. The van der Waals surface area contributed by atoms with Crippen LogP contribution in [0.1, 0.15) is 12.5 Å². The van der Waals surface area contributed by atoms with Crippen molar-refractivity contribution in [2.24, 2.45) is 17.0 Å². The molecule has 1 heterocycles. The smallest absolute Gasteiger partial charge is 0.227 e. The maximum Gasteiger partial charge on any atom is 0.227 e. The standard InChI is InChI=1S/C15H16N2O2/c1-3-7-17-9-12-13(14(17)18)15(12,2)10-5-4-6-11(8-10)16-19/h3-6,8,12-13H,1,7,9H2,2H3. The Morgan fingerprint density at radius 2 is 2.37 bits per heavy atom. The van der Waals surface area contributed by atoms with Gasteiger partial charge in [-0.3, -0.25) is 4.79 Å². The van der Waals surface area contributed by atoms with Gasteiger partial charge in [0.05, 0.1) is 5.92 Å². The molecule has 0 bridgehead atoms. The average molecular weight is 256 g/mol. The van der Waals surface area contributed by atoms with Crippen LogP contribution in [0.2, 0.25) is 0 Å². The van der Waals surface area contributed by atoms with Gasteiger partial charge in [0, 0.05) is 18.5 Å². The Balaban J connectivity index is 1.87. The van der Waals surface area contributed by atoms with E-state index in [0.717, 1.165) is 12.1 Å². The zero-order chi connectivity index (χ0) is 13.6. The van der Waals surface area contributed by atoms with Crippen molar-refractivity contribution in [3.8, 4) is 0 Å². The summed E-state index contributed by atoms with van der Waals surface area (Å²) in [6.07, 6.45) is 1.76. The molecule has 1 aromatic rings. The number of rotatable bonds is 4. The van der Waals surface area contributed by atoms with Crippen LogP contribution in [-0.2, 0) is 10.2 Å². The summed E-state index contributed by atoms with van der Waals surface area (Å²) in [5.74, 6) is 0.605. The highest BCUT2D eigenvalue weighted by Crippen LogP contribution is 2.64. The van der Waals surface area contributed by atoms with E-state index < -0.39 is 0 Å². The van der Waals surface area contributed by atoms with Crippen LogP contribution >= 0.6 is 0 Å². The molecule has 1 saturated heterocycles. The summed E-state index contributed by atoms with van der Waals surface area (Å²) in [7, 11) is 0. The van der Waals surface area contributed by atoms with E-state index in [0.29, 0.717) is 18.2 Å². The highest BCUT2D eigenvalue weighted by atomic mass is 16.3. The number of piperidine rings is 1. The number of hydrogen-bond donors (Lipinski definition) is 0. The van der Waals surface area contributed by atoms with E-state index in [1.54, 1.807) is 18.2 Å². The summed E-state index contributed by atoms with van der Waals surface area (Å²) >= 11 is 0. The third-order valence-electron chi connectivity index (χ3n) is 4.63. The molecule has 3 unspecified atom stereocenters. The predicted molar refractivity (Wildman–Crippen MR) is 73.0 cm³/mol. The fourth-order valence-electron chi connectivity index (χ4n) is 3.46. The number of nitrogens with zero attached hydrogens (tertiary/aromatic N) is 2. The largest absolute Gasteiger partial charge is 0.338 e. The first kappa shape index (κ1) is 12.1. The molecule has 19 heavy (non-hydrogen) atoms. The van der Waals surface area contributed by atoms with Crippen molar-refractivity contribution in [1.29, 1.82) is 0 Å². The van der Waals surface area contributed by atoms with E-state index >= 15 is 0 Å².